The van der Waals surface area contributed by atoms with Crippen LogP contribution in [0.2, 0.25) is 0 Å². The summed E-state index contributed by atoms with van der Waals surface area (Å²) in [4.78, 5) is 12.8. The van der Waals surface area contributed by atoms with Gasteiger partial charge in [-0.25, -0.2) is 4.68 Å². The van der Waals surface area contributed by atoms with Crippen molar-refractivity contribution >= 4 is 30.7 Å². The third-order valence-corrected chi connectivity index (χ3v) is 6.29. The van der Waals surface area contributed by atoms with Gasteiger partial charge in [-0.15, -0.1) is 24.8 Å². The van der Waals surface area contributed by atoms with Crippen LogP contribution in [-0.4, -0.2) is 21.7 Å². The van der Waals surface area contributed by atoms with Gasteiger partial charge in [0.1, 0.15) is 0 Å². The van der Waals surface area contributed by atoms with Crippen molar-refractivity contribution in [3.05, 3.63) is 47.3 Å². The number of nitrogens with one attached hydrogen (secondary N) is 1. The molecule has 5 unspecified atom stereocenters. The Morgan fingerprint density at radius 2 is 1.82 bits per heavy atom. The van der Waals surface area contributed by atoms with Gasteiger partial charge in [0.2, 0.25) is 5.91 Å². The Bertz CT molecular complexity index is 818. The number of aromatic nitrogens is 2. The average Bonchev–Trinajstić information content (AvgIpc) is 3.29. The number of fused-ring (bicyclic) bond motifs is 2. The minimum absolute atomic E-state index is 0. The zero-order valence-electron chi connectivity index (χ0n) is 16.6. The number of rotatable bonds is 4. The fourth-order valence-corrected chi connectivity index (χ4v) is 4.91. The summed E-state index contributed by atoms with van der Waals surface area (Å²) in [6.45, 7) is 6.08. The van der Waals surface area contributed by atoms with Crippen LogP contribution in [0, 0.1) is 31.6 Å². The average molecular weight is 425 g/mol. The number of hydrogen-bond donors (Lipinski definition) is 2. The van der Waals surface area contributed by atoms with E-state index in [0.29, 0.717) is 11.8 Å². The van der Waals surface area contributed by atoms with Gasteiger partial charge in [0.05, 0.1) is 23.3 Å². The van der Waals surface area contributed by atoms with Gasteiger partial charge >= 0.3 is 0 Å². The molecule has 3 N–H and O–H groups in total. The zero-order valence-corrected chi connectivity index (χ0v) is 18.2. The first kappa shape index (κ1) is 22.7. The number of amides is 1. The Hall–Kier alpha value is -1.56. The quantitative estimate of drug-likeness (QED) is 0.781. The largest absolute Gasteiger partial charge is 0.349 e. The molecule has 2 aliphatic rings. The van der Waals surface area contributed by atoms with E-state index in [1.54, 1.807) is 0 Å². The van der Waals surface area contributed by atoms with Crippen molar-refractivity contribution in [2.45, 2.75) is 52.1 Å². The van der Waals surface area contributed by atoms with Crippen molar-refractivity contribution in [3.8, 4) is 5.69 Å². The number of carbonyl (C=O) groups excluding carboxylic acids is 1. The molecule has 2 bridgehead atoms. The molecule has 1 heterocycles. The summed E-state index contributed by atoms with van der Waals surface area (Å²) in [6.07, 6.45) is 3.48. The van der Waals surface area contributed by atoms with Crippen LogP contribution < -0.4 is 11.1 Å². The maximum Gasteiger partial charge on any atom is 0.225 e. The van der Waals surface area contributed by atoms with Crippen LogP contribution in [0.4, 0.5) is 0 Å². The molecule has 1 aromatic carbocycles. The molecular weight excluding hydrogens is 395 g/mol. The van der Waals surface area contributed by atoms with Crippen LogP contribution >= 0.6 is 24.8 Å². The van der Waals surface area contributed by atoms with E-state index < -0.39 is 0 Å². The molecular formula is C21H30Cl2N4O. The Kier molecular flexibility index (Phi) is 7.18. The first-order valence-corrected chi connectivity index (χ1v) is 9.63. The van der Waals surface area contributed by atoms with Crippen LogP contribution in [0.15, 0.2) is 30.3 Å². The highest BCUT2D eigenvalue weighted by atomic mass is 35.5. The monoisotopic (exact) mass is 424 g/mol. The van der Waals surface area contributed by atoms with Crippen LogP contribution in [-0.2, 0) is 4.79 Å². The number of benzene rings is 1. The summed E-state index contributed by atoms with van der Waals surface area (Å²) in [5, 5.41) is 7.71. The molecule has 7 heteroatoms. The van der Waals surface area contributed by atoms with Crippen molar-refractivity contribution in [1.29, 1.82) is 0 Å². The number of hydrogen-bond acceptors (Lipinski definition) is 3. The molecule has 2 fully saturated rings. The molecule has 0 radical (unpaired) electrons. The summed E-state index contributed by atoms with van der Waals surface area (Å²) >= 11 is 0. The molecule has 2 saturated carbocycles. The van der Waals surface area contributed by atoms with E-state index in [9.17, 15) is 4.79 Å². The standard InChI is InChI=1S/C21H28N4O.2ClH/c1-12-10-13(2)25(24-12)18-8-6-15(7-9-18)14(3)23-21(26)19-16-4-5-17(11-16)20(19)22;;/h6-10,14,16-17,19-20H,4-5,11,22H2,1-3H3,(H,23,26);2*1H. The Balaban J connectivity index is 0.00000140. The third-order valence-electron chi connectivity index (χ3n) is 6.29. The Morgan fingerprint density at radius 3 is 2.36 bits per heavy atom. The first-order chi connectivity index (χ1) is 12.4. The number of nitrogens with zero attached hydrogens (tertiary/aromatic N) is 2. The van der Waals surface area contributed by atoms with Crippen molar-refractivity contribution in [1.82, 2.24) is 15.1 Å². The normalized spacial score (nSPS) is 26.3. The number of nitrogens with two attached hydrogens (primary N) is 1. The summed E-state index contributed by atoms with van der Waals surface area (Å²) in [5.74, 6) is 1.15. The third kappa shape index (κ3) is 4.07. The second-order valence-electron chi connectivity index (χ2n) is 8.10. The van der Waals surface area contributed by atoms with Crippen LogP contribution in [0.1, 0.15) is 49.2 Å². The van der Waals surface area contributed by atoms with E-state index in [-0.39, 0.29) is 48.7 Å². The lowest BCUT2D eigenvalue weighted by Crippen LogP contribution is -2.45. The summed E-state index contributed by atoms with van der Waals surface area (Å²) in [7, 11) is 0. The predicted molar refractivity (Wildman–Crippen MR) is 116 cm³/mol. The van der Waals surface area contributed by atoms with E-state index in [2.05, 4.69) is 47.7 Å². The highest BCUT2D eigenvalue weighted by molar-refractivity contribution is 5.85. The van der Waals surface area contributed by atoms with E-state index in [1.165, 1.54) is 6.42 Å². The van der Waals surface area contributed by atoms with Gasteiger partial charge < -0.3 is 11.1 Å². The lowest BCUT2D eigenvalue weighted by atomic mass is 9.84. The lowest BCUT2D eigenvalue weighted by molar-refractivity contribution is -0.127. The molecule has 0 saturated heterocycles. The summed E-state index contributed by atoms with van der Waals surface area (Å²) < 4.78 is 1.94. The second kappa shape index (κ2) is 8.85. The van der Waals surface area contributed by atoms with Gasteiger partial charge in [0.25, 0.3) is 0 Å². The molecule has 2 aromatic rings. The van der Waals surface area contributed by atoms with Crippen LogP contribution in [0.3, 0.4) is 0 Å². The second-order valence-corrected chi connectivity index (χ2v) is 8.10. The molecule has 0 aliphatic heterocycles. The highest BCUT2D eigenvalue weighted by Crippen LogP contribution is 2.47. The summed E-state index contributed by atoms with van der Waals surface area (Å²) in [6, 6.07) is 10.3. The smallest absolute Gasteiger partial charge is 0.225 e. The van der Waals surface area contributed by atoms with Gasteiger partial charge in [-0.3, -0.25) is 4.79 Å². The molecule has 0 spiro atoms. The Morgan fingerprint density at radius 1 is 1.18 bits per heavy atom. The lowest BCUT2D eigenvalue weighted by Gasteiger charge is -2.28. The van der Waals surface area contributed by atoms with Gasteiger partial charge in [-0.05, 0) is 75.6 Å². The number of carbonyl (C=O) groups is 1. The van der Waals surface area contributed by atoms with Crippen LogP contribution in [0.25, 0.3) is 5.69 Å². The molecule has 154 valence electrons. The SMILES string of the molecule is Cc1cc(C)n(-c2ccc(C(C)NC(=O)C3C4CCC(C4)C3N)cc2)n1.Cl.Cl. The van der Waals surface area contributed by atoms with E-state index in [4.69, 9.17) is 5.73 Å². The van der Waals surface area contributed by atoms with Gasteiger partial charge in [-0.1, -0.05) is 12.1 Å². The van der Waals surface area contributed by atoms with Crippen LogP contribution in [0.5, 0.6) is 0 Å². The predicted octanol–water partition coefficient (Wildman–Crippen LogP) is 3.88. The van der Waals surface area contributed by atoms with E-state index in [1.807, 2.05) is 18.5 Å². The summed E-state index contributed by atoms with van der Waals surface area (Å²) in [5.41, 5.74) is 10.6. The molecule has 5 atom stereocenters. The first-order valence-electron chi connectivity index (χ1n) is 9.63. The van der Waals surface area contributed by atoms with Crippen molar-refractivity contribution in [2.75, 3.05) is 0 Å². The minimum Gasteiger partial charge on any atom is -0.349 e. The number of halogens is 2. The fourth-order valence-electron chi connectivity index (χ4n) is 4.91. The zero-order chi connectivity index (χ0) is 18.4. The molecule has 5 nitrogen and oxygen atoms in total. The fraction of sp³-hybridized carbons (Fsp3) is 0.524. The van der Waals surface area contributed by atoms with Gasteiger partial charge in [0.15, 0.2) is 0 Å². The van der Waals surface area contributed by atoms with E-state index in [0.717, 1.165) is 35.5 Å². The van der Waals surface area contributed by atoms with Crippen molar-refractivity contribution in [3.63, 3.8) is 0 Å². The number of aryl methyl sites for hydroxylation is 2. The van der Waals surface area contributed by atoms with E-state index >= 15 is 0 Å². The topological polar surface area (TPSA) is 72.9 Å². The maximum atomic E-state index is 12.8. The molecule has 4 rings (SSSR count). The van der Waals surface area contributed by atoms with Crippen molar-refractivity contribution in [2.24, 2.45) is 23.5 Å². The highest BCUT2D eigenvalue weighted by Gasteiger charge is 2.49. The molecule has 28 heavy (non-hydrogen) atoms. The maximum absolute atomic E-state index is 12.8. The molecule has 2 aliphatic carbocycles. The Labute approximate surface area is 179 Å². The van der Waals surface area contributed by atoms with Gasteiger partial charge in [-0.2, -0.15) is 5.10 Å². The molecule has 1 amide bonds. The van der Waals surface area contributed by atoms with Gasteiger partial charge in [0, 0.05) is 11.7 Å². The minimum atomic E-state index is -0.0247. The molecule has 1 aromatic heterocycles. The van der Waals surface area contributed by atoms with Crippen molar-refractivity contribution < 1.29 is 4.79 Å².